The molecule has 0 atom stereocenters. The number of nitrogens with zero attached hydrogens (tertiary/aromatic N) is 1. The van der Waals surface area contributed by atoms with E-state index in [2.05, 4.69) is 36.7 Å². The number of hydrogen-bond donors (Lipinski definition) is 0. The van der Waals surface area contributed by atoms with Crippen molar-refractivity contribution >= 4 is 21.8 Å². The van der Waals surface area contributed by atoms with Gasteiger partial charge >= 0.3 is 0 Å². The van der Waals surface area contributed by atoms with Crippen LogP contribution < -0.4 is 0 Å². The number of piperidine rings is 1. The predicted molar refractivity (Wildman–Crippen MR) is 87.0 cm³/mol. The lowest BCUT2D eigenvalue weighted by Gasteiger charge is -2.38. The van der Waals surface area contributed by atoms with E-state index in [1.54, 1.807) is 0 Å². The van der Waals surface area contributed by atoms with Crippen molar-refractivity contribution in [2.24, 2.45) is 11.3 Å². The molecular formula is C17H24BrNO. The van der Waals surface area contributed by atoms with Crippen LogP contribution in [0.15, 0.2) is 22.7 Å². The Balaban J connectivity index is 2.07. The molecule has 0 N–H and O–H groups in total. The second-order valence-electron chi connectivity index (χ2n) is 6.87. The van der Waals surface area contributed by atoms with Crippen LogP contribution in [0, 0.1) is 18.3 Å². The summed E-state index contributed by atoms with van der Waals surface area (Å²) in [7, 11) is 0. The maximum absolute atomic E-state index is 12.6. The Morgan fingerprint density at radius 1 is 1.25 bits per heavy atom. The van der Waals surface area contributed by atoms with Gasteiger partial charge < -0.3 is 4.90 Å². The molecule has 2 nitrogen and oxygen atoms in total. The summed E-state index contributed by atoms with van der Waals surface area (Å²) in [5.41, 5.74) is 2.25. The number of halogens is 1. The molecule has 0 radical (unpaired) electrons. The first-order valence-corrected chi connectivity index (χ1v) is 8.14. The van der Waals surface area contributed by atoms with Crippen LogP contribution in [0.25, 0.3) is 0 Å². The van der Waals surface area contributed by atoms with E-state index in [9.17, 15) is 4.79 Å². The lowest BCUT2D eigenvalue weighted by atomic mass is 9.75. The van der Waals surface area contributed by atoms with E-state index >= 15 is 0 Å². The number of amides is 1. The Labute approximate surface area is 130 Å². The largest absolute Gasteiger partial charge is 0.339 e. The van der Waals surface area contributed by atoms with Crippen LogP contribution in [0.1, 0.15) is 49.5 Å². The van der Waals surface area contributed by atoms with Crippen LogP contribution in [0.3, 0.4) is 0 Å². The highest BCUT2D eigenvalue weighted by atomic mass is 79.9. The highest BCUT2D eigenvalue weighted by Crippen LogP contribution is 2.35. The van der Waals surface area contributed by atoms with Gasteiger partial charge in [-0.3, -0.25) is 4.79 Å². The molecule has 0 saturated carbocycles. The van der Waals surface area contributed by atoms with Crippen molar-refractivity contribution in [3.8, 4) is 0 Å². The minimum atomic E-state index is 0.160. The average Bonchev–Trinajstić information content (AvgIpc) is 2.40. The van der Waals surface area contributed by atoms with Crippen molar-refractivity contribution in [3.05, 3.63) is 33.8 Å². The Hall–Kier alpha value is -0.830. The molecule has 1 aliphatic rings. The van der Waals surface area contributed by atoms with E-state index in [4.69, 9.17) is 0 Å². The standard InChI is InChI=1S/C17H24BrNO/c1-12-6-5-7-14(15(12)18)16(20)19-10-8-13(9-11-19)17(2,3)4/h5-7,13H,8-11H2,1-4H3. The van der Waals surface area contributed by atoms with Crippen LogP contribution in [0.5, 0.6) is 0 Å². The molecule has 3 heteroatoms. The molecule has 1 heterocycles. The van der Waals surface area contributed by atoms with Crippen LogP contribution in [0.2, 0.25) is 0 Å². The van der Waals surface area contributed by atoms with Crippen LogP contribution in [0.4, 0.5) is 0 Å². The van der Waals surface area contributed by atoms with Gasteiger partial charge in [-0.15, -0.1) is 0 Å². The van der Waals surface area contributed by atoms with Gasteiger partial charge in [0.05, 0.1) is 5.56 Å². The first kappa shape index (κ1) is 15.6. The van der Waals surface area contributed by atoms with Crippen LogP contribution in [-0.2, 0) is 0 Å². The fourth-order valence-corrected chi connectivity index (χ4v) is 3.37. The summed E-state index contributed by atoms with van der Waals surface area (Å²) < 4.78 is 0.933. The maximum atomic E-state index is 12.6. The molecule has 0 spiro atoms. The molecule has 1 aromatic rings. The van der Waals surface area contributed by atoms with E-state index in [0.29, 0.717) is 11.3 Å². The molecule has 1 aliphatic heterocycles. The van der Waals surface area contributed by atoms with E-state index < -0.39 is 0 Å². The number of carbonyl (C=O) groups excluding carboxylic acids is 1. The zero-order valence-electron chi connectivity index (χ0n) is 12.9. The van der Waals surface area contributed by atoms with Gasteiger partial charge in [0.15, 0.2) is 0 Å². The summed E-state index contributed by atoms with van der Waals surface area (Å²) in [5.74, 6) is 0.875. The predicted octanol–water partition coefficient (Wildman–Crippen LogP) is 4.66. The molecule has 1 fully saturated rings. The lowest BCUT2D eigenvalue weighted by molar-refractivity contribution is 0.0608. The summed E-state index contributed by atoms with van der Waals surface area (Å²) >= 11 is 3.54. The first-order chi connectivity index (χ1) is 9.30. The number of likely N-dealkylation sites (tertiary alicyclic amines) is 1. The highest BCUT2D eigenvalue weighted by molar-refractivity contribution is 9.10. The number of rotatable bonds is 1. The zero-order chi connectivity index (χ0) is 14.9. The number of aryl methyl sites for hydroxylation is 1. The average molecular weight is 338 g/mol. The van der Waals surface area contributed by atoms with Gasteiger partial charge in [-0.25, -0.2) is 0 Å². The Morgan fingerprint density at radius 3 is 2.40 bits per heavy atom. The molecule has 1 amide bonds. The van der Waals surface area contributed by atoms with Crippen molar-refractivity contribution in [3.63, 3.8) is 0 Å². The van der Waals surface area contributed by atoms with E-state index in [1.807, 2.05) is 30.0 Å². The van der Waals surface area contributed by atoms with Gasteiger partial charge in [-0.2, -0.15) is 0 Å². The molecule has 0 aromatic heterocycles. The van der Waals surface area contributed by atoms with Gasteiger partial charge in [0.25, 0.3) is 5.91 Å². The topological polar surface area (TPSA) is 20.3 Å². The molecule has 0 unspecified atom stereocenters. The van der Waals surface area contributed by atoms with Crippen molar-refractivity contribution in [2.75, 3.05) is 13.1 Å². The van der Waals surface area contributed by atoms with Crippen LogP contribution in [-0.4, -0.2) is 23.9 Å². The fraction of sp³-hybridized carbons (Fsp3) is 0.588. The third-order valence-corrected chi connectivity index (χ3v) is 5.48. The molecule has 110 valence electrons. The van der Waals surface area contributed by atoms with E-state index in [1.165, 1.54) is 0 Å². The van der Waals surface area contributed by atoms with Gasteiger partial charge in [-0.05, 0) is 58.7 Å². The monoisotopic (exact) mass is 337 g/mol. The van der Waals surface area contributed by atoms with Crippen LogP contribution >= 0.6 is 15.9 Å². The number of benzene rings is 1. The molecule has 0 bridgehead atoms. The van der Waals surface area contributed by atoms with Gasteiger partial charge in [-0.1, -0.05) is 32.9 Å². The second-order valence-corrected chi connectivity index (χ2v) is 7.66. The summed E-state index contributed by atoms with van der Waals surface area (Å²) in [6, 6.07) is 5.89. The molecule has 20 heavy (non-hydrogen) atoms. The Morgan fingerprint density at radius 2 is 1.85 bits per heavy atom. The summed E-state index contributed by atoms with van der Waals surface area (Å²) in [6.07, 6.45) is 2.22. The molecule has 1 aromatic carbocycles. The number of carbonyl (C=O) groups is 1. The second kappa shape index (κ2) is 5.88. The lowest BCUT2D eigenvalue weighted by Crippen LogP contribution is -2.41. The first-order valence-electron chi connectivity index (χ1n) is 7.35. The third-order valence-electron chi connectivity index (χ3n) is 4.43. The molecular weight excluding hydrogens is 314 g/mol. The Kier molecular flexibility index (Phi) is 4.58. The third kappa shape index (κ3) is 3.25. The fourth-order valence-electron chi connectivity index (χ4n) is 2.93. The van der Waals surface area contributed by atoms with E-state index in [0.717, 1.165) is 41.5 Å². The minimum absolute atomic E-state index is 0.160. The quantitative estimate of drug-likeness (QED) is 0.729. The van der Waals surface area contributed by atoms with Crippen molar-refractivity contribution in [2.45, 2.75) is 40.5 Å². The summed E-state index contributed by atoms with van der Waals surface area (Å²) in [6.45, 7) is 10.7. The van der Waals surface area contributed by atoms with Gasteiger partial charge in [0, 0.05) is 17.6 Å². The van der Waals surface area contributed by atoms with Crippen molar-refractivity contribution in [1.29, 1.82) is 0 Å². The number of hydrogen-bond acceptors (Lipinski definition) is 1. The minimum Gasteiger partial charge on any atom is -0.339 e. The van der Waals surface area contributed by atoms with Crippen molar-refractivity contribution < 1.29 is 4.79 Å². The maximum Gasteiger partial charge on any atom is 0.255 e. The summed E-state index contributed by atoms with van der Waals surface area (Å²) in [4.78, 5) is 14.6. The SMILES string of the molecule is Cc1cccc(C(=O)N2CCC(C(C)(C)C)CC2)c1Br. The summed E-state index contributed by atoms with van der Waals surface area (Å²) in [5, 5.41) is 0. The highest BCUT2D eigenvalue weighted by Gasteiger charge is 2.31. The molecule has 0 aliphatic carbocycles. The van der Waals surface area contributed by atoms with Gasteiger partial charge in [0.1, 0.15) is 0 Å². The van der Waals surface area contributed by atoms with Crippen molar-refractivity contribution in [1.82, 2.24) is 4.90 Å². The zero-order valence-corrected chi connectivity index (χ0v) is 14.5. The van der Waals surface area contributed by atoms with E-state index in [-0.39, 0.29) is 5.91 Å². The Bertz CT molecular complexity index is 496. The molecule has 1 saturated heterocycles. The normalized spacial score (nSPS) is 17.4. The van der Waals surface area contributed by atoms with Gasteiger partial charge in [0.2, 0.25) is 0 Å². The molecule has 2 rings (SSSR count). The smallest absolute Gasteiger partial charge is 0.255 e.